The lowest BCUT2D eigenvalue weighted by molar-refractivity contribution is 0.405. The van der Waals surface area contributed by atoms with Gasteiger partial charge in [0.05, 0.1) is 0 Å². The van der Waals surface area contributed by atoms with Crippen LogP contribution in [0.2, 0.25) is 0 Å². The van der Waals surface area contributed by atoms with Crippen molar-refractivity contribution in [3.63, 3.8) is 0 Å². The predicted molar refractivity (Wildman–Crippen MR) is 81.2 cm³/mol. The average Bonchev–Trinajstić information content (AvgIpc) is 2.37. The predicted octanol–water partition coefficient (Wildman–Crippen LogP) is 4.46. The number of hydrogen-bond acceptors (Lipinski definition) is 2. The Morgan fingerprint density at radius 1 is 1.20 bits per heavy atom. The molecule has 2 nitrogen and oxygen atoms in total. The summed E-state index contributed by atoms with van der Waals surface area (Å²) >= 11 is 7.97. The lowest BCUT2D eigenvalue weighted by Crippen LogP contribution is -2.10. The van der Waals surface area contributed by atoms with E-state index < -0.39 is 17.4 Å². The third-order valence-corrected chi connectivity index (χ3v) is 3.37. The number of ether oxygens (including phenoxy) is 1. The van der Waals surface area contributed by atoms with Crippen molar-refractivity contribution in [2.75, 3.05) is 0 Å². The molecule has 0 aliphatic carbocycles. The van der Waals surface area contributed by atoms with Crippen LogP contribution in [0, 0.1) is 18.6 Å². The molecule has 0 bridgehead atoms. The second-order valence-corrected chi connectivity index (χ2v) is 5.50. The molecule has 20 heavy (non-hydrogen) atoms. The summed E-state index contributed by atoms with van der Waals surface area (Å²) in [7, 11) is 0. The highest BCUT2D eigenvalue weighted by molar-refractivity contribution is 9.10. The van der Waals surface area contributed by atoms with Crippen LogP contribution >= 0.6 is 28.1 Å². The number of benzene rings is 2. The van der Waals surface area contributed by atoms with Crippen LogP contribution in [-0.4, -0.2) is 4.99 Å². The molecule has 0 saturated heterocycles. The second kappa shape index (κ2) is 5.85. The van der Waals surface area contributed by atoms with Crippen molar-refractivity contribution in [1.29, 1.82) is 0 Å². The van der Waals surface area contributed by atoms with Crippen LogP contribution in [0.4, 0.5) is 8.78 Å². The van der Waals surface area contributed by atoms with E-state index in [9.17, 15) is 8.78 Å². The lowest BCUT2D eigenvalue weighted by Gasteiger charge is -2.11. The van der Waals surface area contributed by atoms with E-state index in [0.717, 1.165) is 22.2 Å². The van der Waals surface area contributed by atoms with Gasteiger partial charge >= 0.3 is 0 Å². The molecule has 2 aromatic rings. The largest absolute Gasteiger partial charge is 0.451 e. The summed E-state index contributed by atoms with van der Waals surface area (Å²) < 4.78 is 33.9. The lowest BCUT2D eigenvalue weighted by atomic mass is 10.2. The smallest absolute Gasteiger partial charge is 0.198 e. The van der Waals surface area contributed by atoms with Gasteiger partial charge in [-0.1, -0.05) is 34.2 Å². The van der Waals surface area contributed by atoms with Gasteiger partial charge in [-0.25, -0.2) is 8.78 Å². The van der Waals surface area contributed by atoms with E-state index in [0.29, 0.717) is 5.75 Å². The van der Waals surface area contributed by atoms with Crippen molar-refractivity contribution >= 4 is 33.1 Å². The molecule has 104 valence electrons. The Morgan fingerprint density at radius 2 is 1.80 bits per heavy atom. The van der Waals surface area contributed by atoms with Crippen LogP contribution in [-0.2, 0) is 0 Å². The zero-order valence-corrected chi connectivity index (χ0v) is 12.8. The molecule has 0 spiro atoms. The first kappa shape index (κ1) is 14.9. The van der Waals surface area contributed by atoms with Gasteiger partial charge in [0, 0.05) is 10.0 Å². The normalized spacial score (nSPS) is 10.4. The minimum Gasteiger partial charge on any atom is -0.451 e. The summed E-state index contributed by atoms with van der Waals surface area (Å²) in [6.07, 6.45) is 0. The van der Waals surface area contributed by atoms with E-state index in [4.69, 9.17) is 10.5 Å². The average molecular weight is 358 g/mol. The van der Waals surface area contributed by atoms with Crippen LogP contribution in [0.3, 0.4) is 0 Å². The summed E-state index contributed by atoms with van der Waals surface area (Å²) in [5, 5.41) is 0. The number of aryl methyl sites for hydroxylation is 1. The first-order valence-corrected chi connectivity index (χ1v) is 6.81. The molecular formula is C14H10BrF2NOS. The van der Waals surface area contributed by atoms with Gasteiger partial charge in [-0.2, -0.15) is 0 Å². The maximum absolute atomic E-state index is 13.9. The van der Waals surface area contributed by atoms with Crippen LogP contribution in [0.15, 0.2) is 34.8 Å². The molecule has 0 aromatic heterocycles. The SMILES string of the molecule is Cc1ccc(Br)cc1Oc1c(F)cc(C(N)=S)cc1F. The van der Waals surface area contributed by atoms with Crippen LogP contribution < -0.4 is 10.5 Å². The Bertz CT molecular complexity index is 668. The van der Waals surface area contributed by atoms with E-state index >= 15 is 0 Å². The maximum Gasteiger partial charge on any atom is 0.198 e. The third kappa shape index (κ3) is 3.13. The van der Waals surface area contributed by atoms with E-state index in [-0.39, 0.29) is 10.6 Å². The second-order valence-electron chi connectivity index (χ2n) is 4.15. The molecule has 0 fully saturated rings. The van der Waals surface area contributed by atoms with Crippen LogP contribution in [0.25, 0.3) is 0 Å². The third-order valence-electron chi connectivity index (χ3n) is 2.65. The van der Waals surface area contributed by atoms with E-state index in [1.807, 2.05) is 6.07 Å². The Balaban J connectivity index is 2.44. The zero-order valence-electron chi connectivity index (χ0n) is 10.4. The van der Waals surface area contributed by atoms with Crippen molar-refractivity contribution in [3.8, 4) is 11.5 Å². The molecule has 0 aliphatic heterocycles. The van der Waals surface area contributed by atoms with Gasteiger partial charge in [-0.05, 0) is 36.8 Å². The molecule has 0 atom stereocenters. The molecular weight excluding hydrogens is 348 g/mol. The summed E-state index contributed by atoms with van der Waals surface area (Å²) in [5.41, 5.74) is 6.22. The molecule has 0 amide bonds. The molecule has 0 heterocycles. The van der Waals surface area contributed by atoms with E-state index in [1.165, 1.54) is 0 Å². The molecule has 2 rings (SSSR count). The van der Waals surface area contributed by atoms with Gasteiger partial charge in [-0.3, -0.25) is 0 Å². The van der Waals surface area contributed by atoms with Crippen molar-refractivity contribution in [1.82, 2.24) is 0 Å². The Morgan fingerprint density at radius 3 is 2.35 bits per heavy atom. The standard InChI is InChI=1S/C14H10BrF2NOS/c1-7-2-3-9(15)6-12(7)19-13-10(16)4-8(14(18)20)5-11(13)17/h2-6H,1H3,(H2,18,20). The molecule has 2 aromatic carbocycles. The molecule has 0 unspecified atom stereocenters. The summed E-state index contributed by atoms with van der Waals surface area (Å²) in [6, 6.07) is 7.32. The highest BCUT2D eigenvalue weighted by Gasteiger charge is 2.15. The summed E-state index contributed by atoms with van der Waals surface area (Å²) in [5.74, 6) is -1.83. The van der Waals surface area contributed by atoms with Gasteiger partial charge < -0.3 is 10.5 Å². The van der Waals surface area contributed by atoms with E-state index in [1.54, 1.807) is 19.1 Å². The number of halogens is 3. The Labute approximate surface area is 128 Å². The highest BCUT2D eigenvalue weighted by Crippen LogP contribution is 2.32. The number of rotatable bonds is 3. The molecule has 0 radical (unpaired) electrons. The fourth-order valence-corrected chi connectivity index (χ4v) is 2.05. The van der Waals surface area contributed by atoms with Crippen molar-refractivity contribution in [2.24, 2.45) is 5.73 Å². The van der Waals surface area contributed by atoms with Gasteiger partial charge in [0.2, 0.25) is 0 Å². The summed E-state index contributed by atoms with van der Waals surface area (Å²) in [6.45, 7) is 1.78. The topological polar surface area (TPSA) is 35.2 Å². The minimum atomic E-state index is -0.854. The Kier molecular flexibility index (Phi) is 4.35. The number of hydrogen-bond donors (Lipinski definition) is 1. The quantitative estimate of drug-likeness (QED) is 0.823. The number of thiocarbonyl (C=S) groups is 1. The summed E-state index contributed by atoms with van der Waals surface area (Å²) in [4.78, 5) is -0.0759. The van der Waals surface area contributed by atoms with Crippen molar-refractivity contribution in [2.45, 2.75) is 6.92 Å². The first-order valence-electron chi connectivity index (χ1n) is 5.61. The highest BCUT2D eigenvalue weighted by atomic mass is 79.9. The van der Waals surface area contributed by atoms with Gasteiger partial charge in [0.1, 0.15) is 10.7 Å². The molecule has 0 saturated carbocycles. The van der Waals surface area contributed by atoms with Gasteiger partial charge in [0.15, 0.2) is 17.4 Å². The van der Waals surface area contributed by atoms with Crippen LogP contribution in [0.5, 0.6) is 11.5 Å². The van der Waals surface area contributed by atoms with Crippen molar-refractivity contribution < 1.29 is 13.5 Å². The van der Waals surface area contributed by atoms with Crippen LogP contribution in [0.1, 0.15) is 11.1 Å². The maximum atomic E-state index is 13.9. The fourth-order valence-electron chi connectivity index (χ4n) is 1.59. The zero-order chi connectivity index (χ0) is 14.9. The minimum absolute atomic E-state index is 0.0759. The Hall–Kier alpha value is -1.53. The van der Waals surface area contributed by atoms with Gasteiger partial charge in [-0.15, -0.1) is 0 Å². The monoisotopic (exact) mass is 357 g/mol. The number of nitrogens with two attached hydrogens (primary N) is 1. The fraction of sp³-hybridized carbons (Fsp3) is 0.0714. The molecule has 2 N–H and O–H groups in total. The molecule has 6 heteroatoms. The first-order chi connectivity index (χ1) is 9.38. The van der Waals surface area contributed by atoms with Gasteiger partial charge in [0.25, 0.3) is 0 Å². The van der Waals surface area contributed by atoms with Crippen molar-refractivity contribution in [3.05, 3.63) is 57.6 Å². The molecule has 0 aliphatic rings. The van der Waals surface area contributed by atoms with E-state index in [2.05, 4.69) is 28.1 Å².